The zero-order valence-corrected chi connectivity index (χ0v) is 13.6. The summed E-state index contributed by atoms with van der Waals surface area (Å²) in [5.74, 6) is 1.08. The smallest absolute Gasteiger partial charge is 0.247 e. The van der Waals surface area contributed by atoms with Crippen LogP contribution in [0.5, 0.6) is 5.75 Å². The van der Waals surface area contributed by atoms with Crippen LogP contribution in [0.15, 0.2) is 23.1 Å². The normalized spacial score (nSPS) is 29.6. The Morgan fingerprint density at radius 3 is 2.81 bits per heavy atom. The number of benzene rings is 1. The number of ether oxygens (including phenoxy) is 1. The SMILES string of the molecule is COc1cc(Cl)ccc1S(=O)(=O)N1CC2CNCC2C1C. The Morgan fingerprint density at radius 1 is 1.38 bits per heavy atom. The summed E-state index contributed by atoms with van der Waals surface area (Å²) in [6, 6.07) is 4.64. The molecule has 7 heteroatoms. The highest BCUT2D eigenvalue weighted by atomic mass is 35.5. The van der Waals surface area contributed by atoms with Crippen LogP contribution in [0.2, 0.25) is 5.02 Å². The number of halogens is 1. The summed E-state index contributed by atoms with van der Waals surface area (Å²) >= 11 is 5.92. The van der Waals surface area contributed by atoms with E-state index in [9.17, 15) is 8.42 Å². The summed E-state index contributed by atoms with van der Waals surface area (Å²) in [4.78, 5) is 0.189. The van der Waals surface area contributed by atoms with Crippen LogP contribution in [0.4, 0.5) is 0 Å². The third-order valence-electron chi connectivity index (χ3n) is 4.59. The summed E-state index contributed by atoms with van der Waals surface area (Å²) in [6.45, 7) is 4.32. The van der Waals surface area contributed by atoms with Gasteiger partial charge in [0.15, 0.2) is 0 Å². The fourth-order valence-corrected chi connectivity index (χ4v) is 5.46. The maximum atomic E-state index is 12.9. The molecule has 1 aromatic rings. The summed E-state index contributed by atoms with van der Waals surface area (Å²) in [7, 11) is -2.11. The van der Waals surface area contributed by atoms with Gasteiger partial charge in [-0.1, -0.05) is 11.6 Å². The average Bonchev–Trinajstić information content (AvgIpc) is 3.02. The molecule has 1 aromatic carbocycles. The fraction of sp³-hybridized carbons (Fsp3) is 0.571. The van der Waals surface area contributed by atoms with Gasteiger partial charge in [0.25, 0.3) is 0 Å². The molecule has 0 bridgehead atoms. The predicted octanol–water partition coefficient (Wildman–Crippen LogP) is 1.58. The van der Waals surface area contributed by atoms with Gasteiger partial charge in [-0.15, -0.1) is 0 Å². The number of hydrogen-bond donors (Lipinski definition) is 1. The lowest BCUT2D eigenvalue weighted by Crippen LogP contribution is -2.38. The number of nitrogens with zero attached hydrogens (tertiary/aromatic N) is 1. The minimum atomic E-state index is -3.57. The van der Waals surface area contributed by atoms with Crippen LogP contribution in [-0.2, 0) is 10.0 Å². The Bertz CT molecular complexity index is 650. The monoisotopic (exact) mass is 330 g/mol. The molecule has 2 heterocycles. The largest absolute Gasteiger partial charge is 0.495 e. The van der Waals surface area contributed by atoms with Gasteiger partial charge in [-0.25, -0.2) is 8.42 Å². The molecule has 0 radical (unpaired) electrons. The van der Waals surface area contributed by atoms with Crippen LogP contribution < -0.4 is 10.1 Å². The van der Waals surface area contributed by atoms with Crippen molar-refractivity contribution in [3.05, 3.63) is 23.2 Å². The van der Waals surface area contributed by atoms with E-state index in [0.29, 0.717) is 29.2 Å². The van der Waals surface area contributed by atoms with E-state index in [0.717, 1.165) is 13.1 Å². The van der Waals surface area contributed by atoms with Gasteiger partial charge in [-0.2, -0.15) is 4.31 Å². The van der Waals surface area contributed by atoms with Crippen LogP contribution in [-0.4, -0.2) is 45.5 Å². The van der Waals surface area contributed by atoms with Crippen molar-refractivity contribution in [1.29, 1.82) is 0 Å². The highest BCUT2D eigenvalue weighted by Gasteiger charge is 2.47. The molecule has 3 unspecified atom stereocenters. The molecule has 2 aliphatic heterocycles. The van der Waals surface area contributed by atoms with Crippen LogP contribution in [0.1, 0.15) is 6.92 Å². The number of methoxy groups -OCH3 is 1. The molecular weight excluding hydrogens is 312 g/mol. The van der Waals surface area contributed by atoms with Gasteiger partial charge >= 0.3 is 0 Å². The van der Waals surface area contributed by atoms with Gasteiger partial charge < -0.3 is 10.1 Å². The molecule has 3 atom stereocenters. The standard InChI is InChI=1S/C14H19ClN2O3S/c1-9-12-7-16-6-10(12)8-17(9)21(18,19)14-4-3-11(15)5-13(14)20-2/h3-5,9-10,12,16H,6-8H2,1-2H3. The number of rotatable bonds is 3. The number of fused-ring (bicyclic) bond motifs is 1. The van der Waals surface area contributed by atoms with E-state index in [-0.39, 0.29) is 10.9 Å². The highest BCUT2D eigenvalue weighted by molar-refractivity contribution is 7.89. The predicted molar refractivity (Wildman–Crippen MR) is 81.2 cm³/mol. The third kappa shape index (κ3) is 2.44. The summed E-state index contributed by atoms with van der Waals surface area (Å²) in [5, 5.41) is 3.79. The van der Waals surface area contributed by atoms with Crippen molar-refractivity contribution in [1.82, 2.24) is 9.62 Å². The van der Waals surface area contributed by atoms with Gasteiger partial charge in [0.05, 0.1) is 7.11 Å². The first-order valence-electron chi connectivity index (χ1n) is 7.01. The van der Waals surface area contributed by atoms with E-state index >= 15 is 0 Å². The lowest BCUT2D eigenvalue weighted by molar-refractivity contribution is 0.355. The quantitative estimate of drug-likeness (QED) is 0.914. The van der Waals surface area contributed by atoms with Crippen molar-refractivity contribution in [2.45, 2.75) is 17.9 Å². The van der Waals surface area contributed by atoms with Crippen molar-refractivity contribution in [3.63, 3.8) is 0 Å². The first-order valence-corrected chi connectivity index (χ1v) is 8.83. The summed E-state index contributed by atoms with van der Waals surface area (Å²) in [6.07, 6.45) is 0. The number of nitrogens with one attached hydrogen (secondary N) is 1. The Labute approximate surface area is 130 Å². The Balaban J connectivity index is 1.98. The molecule has 0 saturated carbocycles. The van der Waals surface area contributed by atoms with Crippen LogP contribution in [0.25, 0.3) is 0 Å². The lowest BCUT2D eigenvalue weighted by atomic mass is 9.95. The van der Waals surface area contributed by atoms with E-state index < -0.39 is 10.0 Å². The van der Waals surface area contributed by atoms with Crippen molar-refractivity contribution >= 4 is 21.6 Å². The van der Waals surface area contributed by atoms with Crippen molar-refractivity contribution in [2.75, 3.05) is 26.7 Å². The Kier molecular flexibility index (Phi) is 3.90. The molecule has 0 spiro atoms. The topological polar surface area (TPSA) is 58.6 Å². The van der Waals surface area contributed by atoms with Crippen LogP contribution >= 0.6 is 11.6 Å². The zero-order valence-electron chi connectivity index (χ0n) is 12.0. The fourth-order valence-electron chi connectivity index (χ4n) is 3.43. The van der Waals surface area contributed by atoms with E-state index in [2.05, 4.69) is 5.32 Å². The van der Waals surface area contributed by atoms with Crippen LogP contribution in [0.3, 0.4) is 0 Å². The van der Waals surface area contributed by atoms with Gasteiger partial charge in [-0.05, 0) is 44.0 Å². The molecule has 0 amide bonds. The highest BCUT2D eigenvalue weighted by Crippen LogP contribution is 2.38. The number of sulfonamides is 1. The second-order valence-electron chi connectivity index (χ2n) is 5.69. The maximum absolute atomic E-state index is 12.9. The van der Waals surface area contributed by atoms with E-state index in [4.69, 9.17) is 16.3 Å². The van der Waals surface area contributed by atoms with Gasteiger partial charge in [-0.3, -0.25) is 0 Å². The molecule has 1 N–H and O–H groups in total. The van der Waals surface area contributed by atoms with Crippen molar-refractivity contribution in [3.8, 4) is 5.75 Å². The van der Waals surface area contributed by atoms with E-state index in [1.54, 1.807) is 10.4 Å². The molecule has 3 rings (SSSR count). The van der Waals surface area contributed by atoms with Gasteiger partial charge in [0.1, 0.15) is 10.6 Å². The Morgan fingerprint density at radius 2 is 2.14 bits per heavy atom. The van der Waals surface area contributed by atoms with E-state index in [1.165, 1.54) is 19.2 Å². The Hall–Kier alpha value is -0.820. The number of hydrogen-bond acceptors (Lipinski definition) is 4. The molecule has 0 aromatic heterocycles. The molecular formula is C14H19ClN2O3S. The molecule has 116 valence electrons. The third-order valence-corrected chi connectivity index (χ3v) is 6.82. The molecule has 2 aliphatic rings. The minimum Gasteiger partial charge on any atom is -0.495 e. The van der Waals surface area contributed by atoms with Gasteiger partial charge in [0.2, 0.25) is 10.0 Å². The molecule has 2 fully saturated rings. The summed E-state index contributed by atoms with van der Waals surface area (Å²) in [5.41, 5.74) is 0. The lowest BCUT2D eigenvalue weighted by Gasteiger charge is -2.24. The van der Waals surface area contributed by atoms with Crippen molar-refractivity contribution < 1.29 is 13.2 Å². The average molecular weight is 331 g/mol. The maximum Gasteiger partial charge on any atom is 0.247 e. The zero-order chi connectivity index (χ0) is 15.2. The molecule has 5 nitrogen and oxygen atoms in total. The minimum absolute atomic E-state index is 0.00427. The second kappa shape index (κ2) is 5.43. The first kappa shape index (κ1) is 15.1. The summed E-state index contributed by atoms with van der Waals surface area (Å²) < 4.78 is 32.7. The second-order valence-corrected chi connectivity index (χ2v) is 7.99. The van der Waals surface area contributed by atoms with E-state index in [1.807, 2.05) is 6.92 Å². The van der Waals surface area contributed by atoms with Gasteiger partial charge in [0, 0.05) is 23.7 Å². The first-order chi connectivity index (χ1) is 9.95. The molecule has 0 aliphatic carbocycles. The molecule has 21 heavy (non-hydrogen) atoms. The van der Waals surface area contributed by atoms with Crippen molar-refractivity contribution in [2.24, 2.45) is 11.8 Å². The molecule has 2 saturated heterocycles. The van der Waals surface area contributed by atoms with Crippen LogP contribution in [0, 0.1) is 11.8 Å².